The molecule has 1 atom stereocenters. The van der Waals surface area contributed by atoms with E-state index in [1.807, 2.05) is 0 Å². The molecule has 1 aromatic heterocycles. The lowest BCUT2D eigenvalue weighted by Gasteiger charge is -2.14. The van der Waals surface area contributed by atoms with E-state index in [1.54, 1.807) is 36.4 Å². The van der Waals surface area contributed by atoms with Crippen LogP contribution in [0.3, 0.4) is 0 Å². The van der Waals surface area contributed by atoms with Crippen molar-refractivity contribution in [2.24, 2.45) is 5.73 Å². The number of hydrogen-bond acceptors (Lipinski definition) is 4. The summed E-state index contributed by atoms with van der Waals surface area (Å²) >= 11 is 19.5. The number of esters is 1. The van der Waals surface area contributed by atoms with E-state index >= 15 is 0 Å². The summed E-state index contributed by atoms with van der Waals surface area (Å²) < 4.78 is 5.94. The lowest BCUT2D eigenvalue weighted by atomic mass is 10.1. The van der Waals surface area contributed by atoms with Crippen molar-refractivity contribution in [2.75, 3.05) is 0 Å². The Kier molecular flexibility index (Phi) is 5.20. The number of nitrogens with two attached hydrogens (primary N) is 1. The van der Waals surface area contributed by atoms with Gasteiger partial charge < -0.3 is 10.5 Å². The second-order valence-corrected chi connectivity index (χ2v) is 7.38. The van der Waals surface area contributed by atoms with Crippen molar-refractivity contribution in [3.8, 4) is 0 Å². The Bertz CT molecular complexity index is 972. The minimum atomic E-state index is -1.21. The molecule has 0 radical (unpaired) electrons. The molecule has 0 aliphatic rings. The number of carbonyl (C=O) groups is 2. The predicted molar refractivity (Wildman–Crippen MR) is 101 cm³/mol. The summed E-state index contributed by atoms with van der Waals surface area (Å²) in [5.74, 6) is -1.54. The molecule has 3 rings (SSSR count). The Morgan fingerprint density at radius 2 is 1.76 bits per heavy atom. The van der Waals surface area contributed by atoms with E-state index in [-0.39, 0.29) is 9.90 Å². The summed E-state index contributed by atoms with van der Waals surface area (Å²) in [4.78, 5) is 24.4. The van der Waals surface area contributed by atoms with E-state index in [0.29, 0.717) is 25.7 Å². The topological polar surface area (TPSA) is 69.4 Å². The van der Waals surface area contributed by atoms with Crippen LogP contribution >= 0.6 is 46.1 Å². The number of benzene rings is 2. The molecule has 0 spiro atoms. The molecule has 8 heteroatoms. The Labute approximate surface area is 162 Å². The van der Waals surface area contributed by atoms with Crippen LogP contribution in [-0.2, 0) is 9.53 Å². The van der Waals surface area contributed by atoms with Crippen molar-refractivity contribution in [2.45, 2.75) is 6.10 Å². The van der Waals surface area contributed by atoms with Gasteiger partial charge >= 0.3 is 5.97 Å². The van der Waals surface area contributed by atoms with Gasteiger partial charge in [0, 0.05) is 20.7 Å². The molecule has 2 aromatic carbocycles. The van der Waals surface area contributed by atoms with Gasteiger partial charge in [-0.15, -0.1) is 11.3 Å². The van der Waals surface area contributed by atoms with Crippen LogP contribution in [0.1, 0.15) is 21.3 Å². The molecule has 0 fully saturated rings. The third-order valence-electron chi connectivity index (χ3n) is 3.42. The molecule has 1 heterocycles. The standard InChI is InChI=1S/C17H10Cl3NO3S/c18-9-6-10(19)12-11(7-9)25-15(13(12)20)17(23)24-14(16(21)22)8-4-2-1-3-5-8/h1-7,14H,(H2,21,22)/t14-/m1/s1. The number of ether oxygens (including phenoxy) is 1. The zero-order chi connectivity index (χ0) is 18.1. The first-order valence-corrected chi connectivity index (χ1v) is 8.96. The van der Waals surface area contributed by atoms with Crippen molar-refractivity contribution in [1.29, 1.82) is 0 Å². The van der Waals surface area contributed by atoms with Crippen LogP contribution in [0.5, 0.6) is 0 Å². The monoisotopic (exact) mass is 413 g/mol. The summed E-state index contributed by atoms with van der Waals surface area (Å²) in [6.07, 6.45) is -1.21. The Morgan fingerprint density at radius 1 is 1.08 bits per heavy atom. The number of hydrogen-bond donors (Lipinski definition) is 1. The van der Waals surface area contributed by atoms with Crippen molar-refractivity contribution < 1.29 is 14.3 Å². The lowest BCUT2D eigenvalue weighted by molar-refractivity contribution is -0.127. The first kappa shape index (κ1) is 18.0. The maximum Gasteiger partial charge on any atom is 0.351 e. The zero-order valence-electron chi connectivity index (χ0n) is 12.5. The summed E-state index contributed by atoms with van der Waals surface area (Å²) in [5.41, 5.74) is 5.84. The Morgan fingerprint density at radius 3 is 2.40 bits per heavy atom. The minimum Gasteiger partial charge on any atom is -0.443 e. The van der Waals surface area contributed by atoms with Crippen molar-refractivity contribution in [1.82, 2.24) is 0 Å². The minimum absolute atomic E-state index is 0.128. The smallest absolute Gasteiger partial charge is 0.351 e. The van der Waals surface area contributed by atoms with Crippen molar-refractivity contribution >= 4 is 68.1 Å². The highest BCUT2D eigenvalue weighted by molar-refractivity contribution is 7.21. The van der Waals surface area contributed by atoms with E-state index in [1.165, 1.54) is 6.07 Å². The summed E-state index contributed by atoms with van der Waals surface area (Å²) in [6, 6.07) is 11.7. The van der Waals surface area contributed by atoms with Crippen molar-refractivity contribution in [3.05, 3.63) is 68.0 Å². The maximum atomic E-state index is 12.5. The van der Waals surface area contributed by atoms with Gasteiger partial charge in [0.15, 0.2) is 0 Å². The molecule has 128 valence electrons. The molecular weight excluding hydrogens is 405 g/mol. The van der Waals surface area contributed by atoms with Crippen molar-refractivity contribution in [3.63, 3.8) is 0 Å². The molecule has 0 saturated heterocycles. The molecule has 1 amide bonds. The third kappa shape index (κ3) is 3.60. The number of rotatable bonds is 4. The van der Waals surface area contributed by atoms with Crippen LogP contribution in [0.2, 0.25) is 15.1 Å². The van der Waals surface area contributed by atoms with Gasteiger partial charge in [-0.3, -0.25) is 4.79 Å². The van der Waals surface area contributed by atoms with Crippen LogP contribution in [0.25, 0.3) is 10.1 Å². The average Bonchev–Trinajstić information content (AvgIpc) is 2.89. The second-order valence-electron chi connectivity index (χ2n) is 5.10. The van der Waals surface area contributed by atoms with Gasteiger partial charge in [0.05, 0.1) is 10.0 Å². The van der Waals surface area contributed by atoms with Gasteiger partial charge in [-0.1, -0.05) is 65.1 Å². The molecule has 0 bridgehead atoms. The first-order chi connectivity index (χ1) is 11.9. The van der Waals surface area contributed by atoms with Gasteiger partial charge in [-0.2, -0.15) is 0 Å². The fourth-order valence-corrected chi connectivity index (χ4v) is 4.57. The summed E-state index contributed by atoms with van der Waals surface area (Å²) in [7, 11) is 0. The van der Waals surface area contributed by atoms with E-state index in [2.05, 4.69) is 0 Å². The number of fused-ring (bicyclic) bond motifs is 1. The van der Waals surface area contributed by atoms with E-state index < -0.39 is 18.0 Å². The molecule has 0 unspecified atom stereocenters. The third-order valence-corrected chi connectivity index (χ3v) is 5.54. The second kappa shape index (κ2) is 7.22. The number of primary amides is 1. The highest BCUT2D eigenvalue weighted by atomic mass is 35.5. The van der Waals surface area contributed by atoms with Crippen LogP contribution in [-0.4, -0.2) is 11.9 Å². The zero-order valence-corrected chi connectivity index (χ0v) is 15.5. The number of thiophene rings is 1. The predicted octanol–water partition coefficient (Wildman–Crippen LogP) is 5.24. The lowest BCUT2D eigenvalue weighted by Crippen LogP contribution is -2.26. The first-order valence-electron chi connectivity index (χ1n) is 7.00. The highest BCUT2D eigenvalue weighted by Crippen LogP contribution is 2.41. The molecule has 25 heavy (non-hydrogen) atoms. The quantitative estimate of drug-likeness (QED) is 0.593. The molecule has 4 nitrogen and oxygen atoms in total. The summed E-state index contributed by atoms with van der Waals surface area (Å²) in [5, 5.41) is 1.43. The van der Waals surface area contributed by atoms with Gasteiger partial charge in [0.1, 0.15) is 4.88 Å². The normalized spacial score (nSPS) is 12.1. The fourth-order valence-electron chi connectivity index (χ4n) is 2.32. The Hall–Kier alpha value is -1.79. The number of carbonyl (C=O) groups excluding carboxylic acids is 2. The molecule has 0 aliphatic carbocycles. The number of halogens is 3. The molecular formula is C17H10Cl3NO3S. The van der Waals surface area contributed by atoms with Gasteiger partial charge in [0.2, 0.25) is 6.10 Å². The van der Waals surface area contributed by atoms with Crippen LogP contribution in [0.4, 0.5) is 0 Å². The molecule has 0 saturated carbocycles. The van der Waals surface area contributed by atoms with Gasteiger partial charge in [-0.25, -0.2) is 4.79 Å². The van der Waals surface area contributed by atoms with Gasteiger partial charge in [-0.05, 0) is 12.1 Å². The number of amides is 1. The Balaban J connectivity index is 1.98. The van der Waals surface area contributed by atoms with E-state index in [0.717, 1.165) is 11.3 Å². The van der Waals surface area contributed by atoms with Crippen LogP contribution in [0, 0.1) is 0 Å². The molecule has 0 aliphatic heterocycles. The average molecular weight is 415 g/mol. The van der Waals surface area contributed by atoms with E-state index in [4.69, 9.17) is 45.3 Å². The van der Waals surface area contributed by atoms with Crippen LogP contribution in [0.15, 0.2) is 42.5 Å². The SMILES string of the molecule is NC(=O)[C@H](OC(=O)c1sc2cc(Cl)cc(Cl)c2c1Cl)c1ccccc1. The maximum absolute atomic E-state index is 12.5. The van der Waals surface area contributed by atoms with E-state index in [9.17, 15) is 9.59 Å². The fraction of sp³-hybridized carbons (Fsp3) is 0.0588. The molecule has 2 N–H and O–H groups in total. The summed E-state index contributed by atoms with van der Waals surface area (Å²) in [6.45, 7) is 0. The van der Waals surface area contributed by atoms with Gasteiger partial charge in [0.25, 0.3) is 5.91 Å². The molecule has 3 aromatic rings. The highest BCUT2D eigenvalue weighted by Gasteiger charge is 2.27. The largest absolute Gasteiger partial charge is 0.443 e. The van der Waals surface area contributed by atoms with Crippen LogP contribution < -0.4 is 5.73 Å².